The molecule has 0 saturated carbocycles. The maximum atomic E-state index is 8.87. The minimum Gasteiger partial charge on any atom is -0.475 e. The molecule has 2 heterocycles. The number of halogens is 1. The molecule has 1 unspecified atom stereocenters. The molecule has 17 heavy (non-hydrogen) atoms. The standard InChI is InChI=1S/C12H15N3O.ClH/c13-8-10-4-3-7-15-12(10)16-9-11-5-1-2-6-14-11;/h3-4,7,11,14H,1-2,5-6,9H2;1H. The van der Waals surface area contributed by atoms with Crippen LogP contribution in [0.2, 0.25) is 0 Å². The van der Waals surface area contributed by atoms with E-state index in [1.165, 1.54) is 12.8 Å². The summed E-state index contributed by atoms with van der Waals surface area (Å²) in [6, 6.07) is 5.93. The molecule has 0 bridgehead atoms. The van der Waals surface area contributed by atoms with Crippen molar-refractivity contribution in [3.63, 3.8) is 0 Å². The maximum Gasteiger partial charge on any atom is 0.231 e. The van der Waals surface area contributed by atoms with Crippen LogP contribution in [-0.2, 0) is 0 Å². The Hall–Kier alpha value is -1.31. The van der Waals surface area contributed by atoms with Crippen LogP contribution in [0.4, 0.5) is 0 Å². The Bertz CT molecular complexity index is 386. The lowest BCUT2D eigenvalue weighted by Gasteiger charge is -2.23. The Labute approximate surface area is 107 Å². The first-order valence-electron chi connectivity index (χ1n) is 5.61. The molecular weight excluding hydrogens is 238 g/mol. The fourth-order valence-electron chi connectivity index (χ4n) is 1.84. The molecule has 1 N–H and O–H groups in total. The predicted molar refractivity (Wildman–Crippen MR) is 67.3 cm³/mol. The summed E-state index contributed by atoms with van der Waals surface area (Å²) in [6.45, 7) is 1.65. The molecular formula is C12H16ClN3O. The zero-order valence-electron chi connectivity index (χ0n) is 9.56. The second-order valence-corrected chi connectivity index (χ2v) is 3.93. The molecule has 5 heteroatoms. The van der Waals surface area contributed by atoms with Crippen LogP contribution >= 0.6 is 12.4 Å². The quantitative estimate of drug-likeness (QED) is 0.894. The van der Waals surface area contributed by atoms with Crippen molar-refractivity contribution in [2.75, 3.05) is 13.2 Å². The molecule has 1 aliphatic rings. The summed E-state index contributed by atoms with van der Waals surface area (Å²) in [7, 11) is 0. The van der Waals surface area contributed by atoms with Gasteiger partial charge in [-0.05, 0) is 31.5 Å². The van der Waals surface area contributed by atoms with Crippen molar-refractivity contribution in [3.8, 4) is 11.9 Å². The lowest BCUT2D eigenvalue weighted by Crippen LogP contribution is -2.38. The molecule has 92 valence electrons. The summed E-state index contributed by atoms with van der Waals surface area (Å²) < 4.78 is 5.57. The van der Waals surface area contributed by atoms with Crippen molar-refractivity contribution in [1.82, 2.24) is 10.3 Å². The van der Waals surface area contributed by atoms with E-state index >= 15 is 0 Å². The number of piperidine rings is 1. The third-order valence-corrected chi connectivity index (χ3v) is 2.73. The fraction of sp³-hybridized carbons (Fsp3) is 0.500. The van der Waals surface area contributed by atoms with Crippen molar-refractivity contribution in [3.05, 3.63) is 23.9 Å². The van der Waals surface area contributed by atoms with Crippen molar-refractivity contribution in [2.24, 2.45) is 0 Å². The van der Waals surface area contributed by atoms with Crippen LogP contribution < -0.4 is 10.1 Å². The number of hydrogen-bond donors (Lipinski definition) is 1. The number of nitrogens with one attached hydrogen (secondary N) is 1. The minimum absolute atomic E-state index is 0. The Morgan fingerprint density at radius 3 is 3.12 bits per heavy atom. The largest absolute Gasteiger partial charge is 0.475 e. The van der Waals surface area contributed by atoms with Crippen LogP contribution in [0.3, 0.4) is 0 Å². The molecule has 0 aliphatic carbocycles. The van der Waals surface area contributed by atoms with Gasteiger partial charge in [-0.15, -0.1) is 12.4 Å². The SMILES string of the molecule is Cl.N#Cc1cccnc1OCC1CCCCN1. The van der Waals surface area contributed by atoms with Gasteiger partial charge in [0.05, 0.1) is 0 Å². The van der Waals surface area contributed by atoms with Gasteiger partial charge in [-0.3, -0.25) is 0 Å². The Kier molecular flexibility index (Phi) is 5.75. The number of nitrogens with zero attached hydrogens (tertiary/aromatic N) is 2. The third kappa shape index (κ3) is 3.88. The monoisotopic (exact) mass is 253 g/mol. The summed E-state index contributed by atoms with van der Waals surface area (Å²) >= 11 is 0. The lowest BCUT2D eigenvalue weighted by atomic mass is 10.1. The molecule has 2 rings (SSSR count). The van der Waals surface area contributed by atoms with Crippen molar-refractivity contribution in [2.45, 2.75) is 25.3 Å². The molecule has 1 aromatic rings. The van der Waals surface area contributed by atoms with E-state index in [0.717, 1.165) is 13.0 Å². The maximum absolute atomic E-state index is 8.87. The van der Waals surface area contributed by atoms with E-state index in [1.807, 2.05) is 0 Å². The summed E-state index contributed by atoms with van der Waals surface area (Å²) in [4.78, 5) is 4.06. The Morgan fingerprint density at radius 1 is 1.53 bits per heavy atom. The summed E-state index contributed by atoms with van der Waals surface area (Å²) in [5.41, 5.74) is 0.498. The van der Waals surface area contributed by atoms with Gasteiger partial charge in [0.25, 0.3) is 0 Å². The van der Waals surface area contributed by atoms with Crippen molar-refractivity contribution < 1.29 is 4.74 Å². The molecule has 4 nitrogen and oxygen atoms in total. The Balaban J connectivity index is 0.00000144. The molecule has 0 radical (unpaired) electrons. The highest BCUT2D eigenvalue weighted by Gasteiger charge is 2.14. The van der Waals surface area contributed by atoms with Gasteiger partial charge < -0.3 is 10.1 Å². The van der Waals surface area contributed by atoms with Crippen LogP contribution in [0.15, 0.2) is 18.3 Å². The zero-order chi connectivity index (χ0) is 11.2. The molecule has 0 amide bonds. The molecule has 1 aliphatic heterocycles. The molecule has 1 fully saturated rings. The van der Waals surface area contributed by atoms with E-state index in [9.17, 15) is 0 Å². The van der Waals surface area contributed by atoms with E-state index < -0.39 is 0 Å². The molecule has 1 aromatic heterocycles. The average Bonchev–Trinajstić information content (AvgIpc) is 2.38. The highest BCUT2D eigenvalue weighted by Crippen LogP contribution is 2.14. The number of aromatic nitrogens is 1. The number of rotatable bonds is 3. The van der Waals surface area contributed by atoms with Crippen molar-refractivity contribution in [1.29, 1.82) is 5.26 Å². The molecule has 0 spiro atoms. The van der Waals surface area contributed by atoms with Gasteiger partial charge in [0.2, 0.25) is 5.88 Å². The Morgan fingerprint density at radius 2 is 2.41 bits per heavy atom. The summed E-state index contributed by atoms with van der Waals surface area (Å²) in [5.74, 6) is 0.442. The van der Waals surface area contributed by atoms with Crippen LogP contribution in [-0.4, -0.2) is 24.2 Å². The molecule has 1 atom stereocenters. The topological polar surface area (TPSA) is 57.9 Å². The summed E-state index contributed by atoms with van der Waals surface area (Å²) in [6.07, 6.45) is 5.26. The second-order valence-electron chi connectivity index (χ2n) is 3.93. The number of hydrogen-bond acceptors (Lipinski definition) is 4. The fourth-order valence-corrected chi connectivity index (χ4v) is 1.84. The van der Waals surface area contributed by atoms with Gasteiger partial charge in [-0.2, -0.15) is 5.26 Å². The normalized spacial score (nSPS) is 18.9. The minimum atomic E-state index is 0. The number of ether oxygens (including phenoxy) is 1. The molecule has 0 aromatic carbocycles. The van der Waals surface area contributed by atoms with E-state index in [4.69, 9.17) is 10.00 Å². The third-order valence-electron chi connectivity index (χ3n) is 2.73. The highest BCUT2D eigenvalue weighted by molar-refractivity contribution is 5.85. The van der Waals surface area contributed by atoms with E-state index in [-0.39, 0.29) is 12.4 Å². The van der Waals surface area contributed by atoms with Gasteiger partial charge >= 0.3 is 0 Å². The first-order chi connectivity index (χ1) is 7.90. The van der Waals surface area contributed by atoms with Crippen LogP contribution in [0.5, 0.6) is 5.88 Å². The van der Waals surface area contributed by atoms with Crippen molar-refractivity contribution >= 4 is 12.4 Å². The van der Waals surface area contributed by atoms with E-state index in [1.54, 1.807) is 18.3 Å². The van der Waals surface area contributed by atoms with Crippen LogP contribution in [0, 0.1) is 11.3 Å². The summed E-state index contributed by atoms with van der Waals surface area (Å²) in [5, 5.41) is 12.3. The average molecular weight is 254 g/mol. The van der Waals surface area contributed by atoms with Crippen LogP contribution in [0.25, 0.3) is 0 Å². The highest BCUT2D eigenvalue weighted by atomic mass is 35.5. The predicted octanol–water partition coefficient (Wildman–Crippen LogP) is 1.90. The molecule has 1 saturated heterocycles. The zero-order valence-corrected chi connectivity index (χ0v) is 10.4. The van der Waals surface area contributed by atoms with Gasteiger partial charge in [0, 0.05) is 12.2 Å². The lowest BCUT2D eigenvalue weighted by molar-refractivity contribution is 0.231. The van der Waals surface area contributed by atoms with Crippen LogP contribution in [0.1, 0.15) is 24.8 Å². The van der Waals surface area contributed by atoms with Gasteiger partial charge in [0.15, 0.2) is 0 Å². The van der Waals surface area contributed by atoms with Gasteiger partial charge in [-0.1, -0.05) is 6.42 Å². The van der Waals surface area contributed by atoms with Gasteiger partial charge in [0.1, 0.15) is 18.2 Å². The smallest absolute Gasteiger partial charge is 0.231 e. The second kappa shape index (κ2) is 7.10. The number of pyridine rings is 1. The first-order valence-corrected chi connectivity index (χ1v) is 5.61. The van der Waals surface area contributed by atoms with Gasteiger partial charge in [-0.25, -0.2) is 4.98 Å². The number of nitriles is 1. The van der Waals surface area contributed by atoms with E-state index in [2.05, 4.69) is 16.4 Å². The van der Waals surface area contributed by atoms with E-state index in [0.29, 0.717) is 24.1 Å². The first kappa shape index (κ1) is 13.8.